The van der Waals surface area contributed by atoms with E-state index in [1.54, 1.807) is 12.0 Å². The minimum atomic E-state index is -0.540. The van der Waals surface area contributed by atoms with E-state index in [1.165, 1.54) is 0 Å². The molecular weight excluding hydrogens is 334 g/mol. The first-order valence-corrected chi connectivity index (χ1v) is 8.85. The van der Waals surface area contributed by atoms with Crippen molar-refractivity contribution in [2.45, 2.75) is 51.7 Å². The number of amides is 1. The summed E-state index contributed by atoms with van der Waals surface area (Å²) in [4.78, 5) is 18.8. The third-order valence-electron chi connectivity index (χ3n) is 4.21. The number of hydrogen-bond acceptors (Lipinski definition) is 6. The molecule has 7 heteroatoms. The van der Waals surface area contributed by atoms with Gasteiger partial charge in [-0.1, -0.05) is 5.16 Å². The maximum Gasteiger partial charge on any atom is 0.410 e. The van der Waals surface area contributed by atoms with Gasteiger partial charge in [-0.05, 0) is 64.3 Å². The maximum absolute atomic E-state index is 12.5. The van der Waals surface area contributed by atoms with Crippen molar-refractivity contribution in [3.05, 3.63) is 30.2 Å². The molecule has 1 aromatic heterocycles. The Hall–Kier alpha value is -2.57. The number of rotatable bonds is 3. The molecule has 0 N–H and O–H groups in total. The quantitative estimate of drug-likeness (QED) is 0.817. The van der Waals surface area contributed by atoms with Gasteiger partial charge in [-0.2, -0.15) is 4.98 Å². The molecule has 0 saturated carbocycles. The zero-order chi connectivity index (χ0) is 18.7. The van der Waals surface area contributed by atoms with E-state index in [0.29, 0.717) is 18.3 Å². The Balaban J connectivity index is 1.80. The molecule has 3 rings (SSSR count). The number of benzene rings is 1. The fourth-order valence-corrected chi connectivity index (χ4v) is 2.96. The normalized spacial score (nSPS) is 17.8. The minimum absolute atomic E-state index is 0.252. The van der Waals surface area contributed by atoms with Gasteiger partial charge >= 0.3 is 6.09 Å². The Kier molecular flexibility index (Phi) is 5.15. The molecule has 7 nitrogen and oxygen atoms in total. The van der Waals surface area contributed by atoms with Gasteiger partial charge < -0.3 is 14.0 Å². The lowest BCUT2D eigenvalue weighted by Gasteiger charge is -2.34. The lowest BCUT2D eigenvalue weighted by molar-refractivity contribution is 0.00538. The van der Waals surface area contributed by atoms with Gasteiger partial charge in [0.2, 0.25) is 11.7 Å². The molecule has 1 aromatic carbocycles. The zero-order valence-electron chi connectivity index (χ0n) is 15.7. The monoisotopic (exact) mass is 359 g/mol. The van der Waals surface area contributed by atoms with Gasteiger partial charge in [-0.15, -0.1) is 0 Å². The fourth-order valence-electron chi connectivity index (χ4n) is 2.96. The second kappa shape index (κ2) is 7.35. The number of nitrogens with zero attached hydrogens (tertiary/aromatic N) is 3. The van der Waals surface area contributed by atoms with Gasteiger partial charge in [0.1, 0.15) is 17.4 Å². The van der Waals surface area contributed by atoms with Crippen molar-refractivity contribution in [3.8, 4) is 17.1 Å². The van der Waals surface area contributed by atoms with Gasteiger partial charge in [0.25, 0.3) is 0 Å². The van der Waals surface area contributed by atoms with E-state index in [2.05, 4.69) is 10.1 Å². The van der Waals surface area contributed by atoms with Gasteiger partial charge in [0, 0.05) is 12.1 Å². The summed E-state index contributed by atoms with van der Waals surface area (Å²) in [6, 6.07) is 7.19. The molecule has 0 aliphatic carbocycles. The second-order valence-electron chi connectivity index (χ2n) is 7.37. The van der Waals surface area contributed by atoms with Crippen LogP contribution in [-0.2, 0) is 4.74 Å². The third kappa shape index (κ3) is 4.15. The van der Waals surface area contributed by atoms with Crippen LogP contribution in [0, 0.1) is 0 Å². The molecule has 0 spiro atoms. The number of carbonyl (C=O) groups excluding carboxylic acids is 1. The summed E-state index contributed by atoms with van der Waals surface area (Å²) in [7, 11) is 1.62. The SMILES string of the molecule is COc1ccc(-c2noc(C3CCCCN3C(=O)OC(C)(C)C)n2)cc1. The average molecular weight is 359 g/mol. The summed E-state index contributed by atoms with van der Waals surface area (Å²) >= 11 is 0. The Morgan fingerprint density at radius 2 is 1.96 bits per heavy atom. The standard InChI is InChI=1S/C19H25N3O4/c1-19(2,3)25-18(23)22-12-6-5-7-15(22)17-20-16(21-26-17)13-8-10-14(24-4)11-9-13/h8-11,15H,5-7,12H2,1-4H3. The van der Waals surface area contributed by atoms with Crippen molar-refractivity contribution in [1.82, 2.24) is 15.0 Å². The third-order valence-corrected chi connectivity index (χ3v) is 4.21. The Morgan fingerprint density at radius 3 is 2.62 bits per heavy atom. The van der Waals surface area contributed by atoms with Crippen molar-refractivity contribution in [2.24, 2.45) is 0 Å². The van der Waals surface area contributed by atoms with Crippen LogP contribution < -0.4 is 4.74 Å². The molecule has 2 heterocycles. The summed E-state index contributed by atoms with van der Waals surface area (Å²) < 4.78 is 16.2. The Morgan fingerprint density at radius 1 is 1.23 bits per heavy atom. The number of ether oxygens (including phenoxy) is 2. The van der Waals surface area contributed by atoms with Crippen molar-refractivity contribution >= 4 is 6.09 Å². The Bertz CT molecular complexity index is 749. The largest absolute Gasteiger partial charge is 0.497 e. The molecule has 1 aliphatic rings. The van der Waals surface area contributed by atoms with Crippen LogP contribution in [0.3, 0.4) is 0 Å². The van der Waals surface area contributed by atoms with Gasteiger partial charge in [0.15, 0.2) is 0 Å². The molecule has 1 saturated heterocycles. The number of likely N-dealkylation sites (tertiary alicyclic amines) is 1. The van der Waals surface area contributed by atoms with Crippen LogP contribution in [0.5, 0.6) is 5.75 Å². The van der Waals surface area contributed by atoms with Crippen molar-refractivity contribution in [1.29, 1.82) is 0 Å². The van der Waals surface area contributed by atoms with Crippen molar-refractivity contribution in [2.75, 3.05) is 13.7 Å². The van der Waals surface area contributed by atoms with E-state index < -0.39 is 5.60 Å². The number of carbonyl (C=O) groups is 1. The highest BCUT2D eigenvalue weighted by Crippen LogP contribution is 2.32. The number of aromatic nitrogens is 2. The topological polar surface area (TPSA) is 77.7 Å². The predicted molar refractivity (Wildman–Crippen MR) is 95.8 cm³/mol. The number of methoxy groups -OCH3 is 1. The highest BCUT2D eigenvalue weighted by Gasteiger charge is 2.34. The molecule has 0 radical (unpaired) electrons. The van der Waals surface area contributed by atoms with Gasteiger partial charge in [0.05, 0.1) is 7.11 Å². The summed E-state index contributed by atoms with van der Waals surface area (Å²) in [5.41, 5.74) is 0.294. The molecule has 1 atom stereocenters. The van der Waals surface area contributed by atoms with E-state index in [-0.39, 0.29) is 12.1 Å². The Labute approximate surface area is 153 Å². The van der Waals surface area contributed by atoms with Crippen LogP contribution in [0.15, 0.2) is 28.8 Å². The fraction of sp³-hybridized carbons (Fsp3) is 0.526. The highest BCUT2D eigenvalue weighted by molar-refractivity contribution is 5.69. The first kappa shape index (κ1) is 18.2. The van der Waals surface area contributed by atoms with Crippen molar-refractivity contribution < 1.29 is 18.8 Å². The zero-order valence-corrected chi connectivity index (χ0v) is 15.7. The number of piperidine rings is 1. The van der Waals surface area contributed by atoms with Crippen LogP contribution >= 0.6 is 0 Å². The molecular formula is C19H25N3O4. The van der Waals surface area contributed by atoms with E-state index >= 15 is 0 Å². The van der Waals surface area contributed by atoms with Crippen LogP contribution in [0.1, 0.15) is 52.0 Å². The summed E-state index contributed by atoms with van der Waals surface area (Å²) in [5, 5.41) is 4.08. The first-order chi connectivity index (χ1) is 12.4. The van der Waals surface area contributed by atoms with Crippen LogP contribution in [0.25, 0.3) is 11.4 Å². The van der Waals surface area contributed by atoms with E-state index in [9.17, 15) is 4.79 Å². The smallest absolute Gasteiger partial charge is 0.410 e. The first-order valence-electron chi connectivity index (χ1n) is 8.85. The molecule has 26 heavy (non-hydrogen) atoms. The molecule has 1 amide bonds. The summed E-state index contributed by atoms with van der Waals surface area (Å²) in [6.45, 7) is 6.20. The molecule has 1 fully saturated rings. The average Bonchev–Trinajstić information content (AvgIpc) is 3.10. The molecule has 140 valence electrons. The lowest BCUT2D eigenvalue weighted by atomic mass is 10.0. The molecule has 1 unspecified atom stereocenters. The van der Waals surface area contributed by atoms with Crippen LogP contribution in [-0.4, -0.2) is 40.4 Å². The minimum Gasteiger partial charge on any atom is -0.497 e. The molecule has 1 aliphatic heterocycles. The van der Waals surface area contributed by atoms with Crippen LogP contribution in [0.4, 0.5) is 4.79 Å². The van der Waals surface area contributed by atoms with Gasteiger partial charge in [-0.3, -0.25) is 4.90 Å². The van der Waals surface area contributed by atoms with E-state index in [4.69, 9.17) is 14.0 Å². The molecule has 0 bridgehead atoms. The summed E-state index contributed by atoms with van der Waals surface area (Å²) in [5.74, 6) is 1.71. The van der Waals surface area contributed by atoms with E-state index in [1.807, 2.05) is 45.0 Å². The van der Waals surface area contributed by atoms with E-state index in [0.717, 1.165) is 30.6 Å². The predicted octanol–water partition coefficient (Wildman–Crippen LogP) is 4.21. The summed E-state index contributed by atoms with van der Waals surface area (Å²) in [6.07, 6.45) is 2.38. The van der Waals surface area contributed by atoms with Crippen LogP contribution in [0.2, 0.25) is 0 Å². The number of hydrogen-bond donors (Lipinski definition) is 0. The highest BCUT2D eigenvalue weighted by atomic mass is 16.6. The molecule has 2 aromatic rings. The lowest BCUT2D eigenvalue weighted by Crippen LogP contribution is -2.42. The van der Waals surface area contributed by atoms with Gasteiger partial charge in [-0.25, -0.2) is 4.79 Å². The second-order valence-corrected chi connectivity index (χ2v) is 7.37. The van der Waals surface area contributed by atoms with Crippen molar-refractivity contribution in [3.63, 3.8) is 0 Å². The maximum atomic E-state index is 12.5.